The van der Waals surface area contributed by atoms with Crippen LogP contribution in [0.5, 0.6) is 0 Å². The maximum atomic E-state index is 12.7. The maximum absolute atomic E-state index is 12.7. The number of hydrogen-bond donors (Lipinski definition) is 2. The standard InChI is InChI=1S/C21H28N2O3S/c1-16(2)13-14-22-21(24)20(15-18-7-5-4-6-8-18)23-27(25,26)19-11-9-17(3)10-12-19/h4-12,16,20,23H,13-15H2,1-3H3,(H,22,24)/t20-/m0/s1. The van der Waals surface area contributed by atoms with Crippen LogP contribution < -0.4 is 10.0 Å². The fourth-order valence-electron chi connectivity index (χ4n) is 2.62. The Labute approximate surface area is 162 Å². The van der Waals surface area contributed by atoms with Gasteiger partial charge < -0.3 is 5.32 Å². The Morgan fingerprint density at radius 2 is 1.63 bits per heavy atom. The number of hydrogen-bond acceptors (Lipinski definition) is 3. The molecule has 0 radical (unpaired) electrons. The van der Waals surface area contributed by atoms with Gasteiger partial charge in [-0.3, -0.25) is 4.79 Å². The predicted octanol–water partition coefficient (Wildman–Crippen LogP) is 3.05. The Bertz CT molecular complexity index is 831. The van der Waals surface area contributed by atoms with E-state index < -0.39 is 16.1 Å². The summed E-state index contributed by atoms with van der Waals surface area (Å²) >= 11 is 0. The first-order chi connectivity index (χ1) is 12.8. The van der Waals surface area contributed by atoms with Gasteiger partial charge in [0.2, 0.25) is 15.9 Å². The van der Waals surface area contributed by atoms with Crippen LogP contribution in [0.15, 0.2) is 59.5 Å². The number of sulfonamides is 1. The molecular weight excluding hydrogens is 360 g/mol. The van der Waals surface area contributed by atoms with Crippen LogP contribution in [0.4, 0.5) is 0 Å². The first-order valence-corrected chi connectivity index (χ1v) is 10.7. The van der Waals surface area contributed by atoms with Gasteiger partial charge in [-0.15, -0.1) is 0 Å². The molecule has 0 aliphatic rings. The van der Waals surface area contributed by atoms with Crippen molar-refractivity contribution in [3.05, 3.63) is 65.7 Å². The van der Waals surface area contributed by atoms with Crippen LogP contribution in [-0.2, 0) is 21.2 Å². The molecule has 0 bridgehead atoms. The lowest BCUT2D eigenvalue weighted by Gasteiger charge is -2.19. The predicted molar refractivity (Wildman–Crippen MR) is 108 cm³/mol. The smallest absolute Gasteiger partial charge is 0.241 e. The van der Waals surface area contributed by atoms with Crippen molar-refractivity contribution >= 4 is 15.9 Å². The maximum Gasteiger partial charge on any atom is 0.241 e. The molecule has 1 amide bonds. The lowest BCUT2D eigenvalue weighted by Crippen LogP contribution is -2.48. The van der Waals surface area contributed by atoms with Gasteiger partial charge >= 0.3 is 0 Å². The third-order valence-corrected chi connectivity index (χ3v) is 5.74. The van der Waals surface area contributed by atoms with E-state index in [1.165, 1.54) is 0 Å². The minimum Gasteiger partial charge on any atom is -0.355 e. The van der Waals surface area contributed by atoms with Crippen LogP contribution >= 0.6 is 0 Å². The van der Waals surface area contributed by atoms with E-state index in [1.807, 2.05) is 37.3 Å². The average molecular weight is 389 g/mol. The largest absolute Gasteiger partial charge is 0.355 e. The number of benzene rings is 2. The second kappa shape index (κ2) is 9.67. The van der Waals surface area contributed by atoms with Crippen LogP contribution in [0.3, 0.4) is 0 Å². The molecule has 0 fully saturated rings. The molecule has 0 heterocycles. The number of carbonyl (C=O) groups is 1. The highest BCUT2D eigenvalue weighted by Gasteiger charge is 2.26. The zero-order valence-electron chi connectivity index (χ0n) is 16.1. The highest BCUT2D eigenvalue weighted by Crippen LogP contribution is 2.12. The van der Waals surface area contributed by atoms with Gasteiger partial charge in [-0.1, -0.05) is 61.9 Å². The van der Waals surface area contributed by atoms with Gasteiger partial charge in [0, 0.05) is 6.54 Å². The molecule has 0 aliphatic heterocycles. The summed E-state index contributed by atoms with van der Waals surface area (Å²) in [6, 6.07) is 15.1. The molecule has 5 nitrogen and oxygen atoms in total. The quantitative estimate of drug-likeness (QED) is 0.693. The van der Waals surface area contributed by atoms with Crippen molar-refractivity contribution in [2.24, 2.45) is 5.92 Å². The van der Waals surface area contributed by atoms with Crippen LogP contribution in [0.1, 0.15) is 31.4 Å². The zero-order chi connectivity index (χ0) is 19.9. The molecule has 0 saturated heterocycles. The molecule has 146 valence electrons. The molecule has 27 heavy (non-hydrogen) atoms. The van der Waals surface area contributed by atoms with Crippen molar-refractivity contribution in [1.82, 2.24) is 10.0 Å². The summed E-state index contributed by atoms with van der Waals surface area (Å²) in [6.07, 6.45) is 1.13. The van der Waals surface area contributed by atoms with E-state index in [4.69, 9.17) is 0 Å². The molecule has 2 rings (SSSR count). The van der Waals surface area contributed by atoms with Crippen molar-refractivity contribution in [3.63, 3.8) is 0 Å². The number of amides is 1. The molecular formula is C21H28N2O3S. The van der Waals surface area contributed by atoms with Crippen molar-refractivity contribution in [1.29, 1.82) is 0 Å². The monoisotopic (exact) mass is 388 g/mol. The summed E-state index contributed by atoms with van der Waals surface area (Å²) in [4.78, 5) is 12.8. The fraction of sp³-hybridized carbons (Fsp3) is 0.381. The molecule has 0 spiro atoms. The van der Waals surface area contributed by atoms with E-state index in [-0.39, 0.29) is 10.8 Å². The summed E-state index contributed by atoms with van der Waals surface area (Å²) in [5, 5.41) is 2.85. The lowest BCUT2D eigenvalue weighted by molar-refractivity contribution is -0.122. The van der Waals surface area contributed by atoms with Crippen LogP contribution in [0.2, 0.25) is 0 Å². The Morgan fingerprint density at radius 3 is 2.22 bits per heavy atom. The second-order valence-electron chi connectivity index (χ2n) is 7.15. The molecule has 0 saturated carbocycles. The summed E-state index contributed by atoms with van der Waals surface area (Å²) in [5.41, 5.74) is 1.87. The minimum absolute atomic E-state index is 0.154. The van der Waals surface area contributed by atoms with Gasteiger partial charge in [-0.25, -0.2) is 8.42 Å². The third-order valence-electron chi connectivity index (χ3n) is 4.25. The van der Waals surface area contributed by atoms with Crippen LogP contribution in [0, 0.1) is 12.8 Å². The molecule has 0 aromatic heterocycles. The second-order valence-corrected chi connectivity index (χ2v) is 8.86. The fourth-order valence-corrected chi connectivity index (χ4v) is 3.81. The summed E-state index contributed by atoms with van der Waals surface area (Å²) in [5.74, 6) is 0.150. The van der Waals surface area contributed by atoms with Gasteiger partial charge in [0.05, 0.1) is 4.90 Å². The van der Waals surface area contributed by atoms with Crippen molar-refractivity contribution < 1.29 is 13.2 Å². The Morgan fingerprint density at radius 1 is 1.00 bits per heavy atom. The topological polar surface area (TPSA) is 75.3 Å². The van der Waals surface area contributed by atoms with Gasteiger partial charge in [0.1, 0.15) is 6.04 Å². The van der Waals surface area contributed by atoms with Gasteiger partial charge in [-0.05, 0) is 43.4 Å². The molecule has 0 unspecified atom stereocenters. The van der Waals surface area contributed by atoms with Gasteiger partial charge in [0.25, 0.3) is 0 Å². The minimum atomic E-state index is -3.79. The van der Waals surface area contributed by atoms with Gasteiger partial charge in [0.15, 0.2) is 0 Å². The summed E-state index contributed by atoms with van der Waals surface area (Å²) in [7, 11) is -3.79. The van der Waals surface area contributed by atoms with E-state index in [0.717, 1.165) is 17.5 Å². The van der Waals surface area contributed by atoms with Crippen molar-refractivity contribution in [2.45, 2.75) is 44.6 Å². The molecule has 2 aromatic carbocycles. The van der Waals surface area contributed by atoms with E-state index in [0.29, 0.717) is 18.9 Å². The van der Waals surface area contributed by atoms with Crippen LogP contribution in [0.25, 0.3) is 0 Å². The van der Waals surface area contributed by atoms with Crippen molar-refractivity contribution in [3.8, 4) is 0 Å². The molecule has 2 N–H and O–H groups in total. The Kier molecular flexibility index (Phi) is 7.56. The normalized spacial score (nSPS) is 12.7. The Balaban J connectivity index is 2.17. The van der Waals surface area contributed by atoms with Gasteiger partial charge in [-0.2, -0.15) is 4.72 Å². The third kappa shape index (κ3) is 6.81. The number of aryl methyl sites for hydroxylation is 1. The molecule has 2 aromatic rings. The molecule has 6 heteroatoms. The average Bonchev–Trinajstić information content (AvgIpc) is 2.62. The van der Waals surface area contributed by atoms with E-state index >= 15 is 0 Å². The Hall–Kier alpha value is -2.18. The number of rotatable bonds is 9. The highest BCUT2D eigenvalue weighted by molar-refractivity contribution is 7.89. The highest BCUT2D eigenvalue weighted by atomic mass is 32.2. The summed E-state index contributed by atoms with van der Waals surface area (Å²) in [6.45, 7) is 6.57. The first-order valence-electron chi connectivity index (χ1n) is 9.18. The SMILES string of the molecule is Cc1ccc(S(=O)(=O)N[C@@H](Cc2ccccc2)C(=O)NCCC(C)C)cc1. The lowest BCUT2D eigenvalue weighted by atomic mass is 10.1. The molecule has 0 aliphatic carbocycles. The van der Waals surface area contributed by atoms with E-state index in [9.17, 15) is 13.2 Å². The zero-order valence-corrected chi connectivity index (χ0v) is 16.9. The number of carbonyl (C=O) groups excluding carboxylic acids is 1. The van der Waals surface area contributed by atoms with E-state index in [1.54, 1.807) is 24.3 Å². The molecule has 1 atom stereocenters. The first kappa shape index (κ1) is 21.1. The van der Waals surface area contributed by atoms with Crippen LogP contribution in [-0.4, -0.2) is 26.9 Å². The van der Waals surface area contributed by atoms with Crippen molar-refractivity contribution in [2.75, 3.05) is 6.54 Å². The van der Waals surface area contributed by atoms with E-state index in [2.05, 4.69) is 23.9 Å². The summed E-state index contributed by atoms with van der Waals surface area (Å²) < 4.78 is 28.1. The number of nitrogens with one attached hydrogen (secondary N) is 2.